The molecule has 0 saturated carbocycles. The van der Waals surface area contributed by atoms with Crippen LogP contribution >= 0.6 is 11.6 Å². The van der Waals surface area contributed by atoms with Crippen LogP contribution in [-0.4, -0.2) is 69.0 Å². The summed E-state index contributed by atoms with van der Waals surface area (Å²) in [5.41, 5.74) is -0.357. The molecule has 0 spiro atoms. The molecule has 1 aromatic heterocycles. The Labute approximate surface area is 131 Å². The lowest BCUT2D eigenvalue weighted by atomic mass is 10.2. The zero-order valence-corrected chi connectivity index (χ0v) is 13.2. The first-order valence-corrected chi connectivity index (χ1v) is 6.52. The number of nitrogens with zero attached hydrogens (tertiary/aromatic N) is 5. The molecule has 0 bridgehead atoms. The molecular formula is C12H15ClN6O3. The molecule has 2 rings (SSSR count). The number of aliphatic imine (C=N–C) groups is 1. The lowest BCUT2D eigenvalue weighted by molar-refractivity contribution is -0.121. The van der Waals surface area contributed by atoms with Gasteiger partial charge in [0.2, 0.25) is 11.8 Å². The molecule has 1 aromatic rings. The summed E-state index contributed by atoms with van der Waals surface area (Å²) in [6.07, 6.45) is 0. The number of hydrogen-bond acceptors (Lipinski definition) is 6. The molecule has 9 nitrogen and oxygen atoms in total. The van der Waals surface area contributed by atoms with E-state index < -0.39 is 5.91 Å². The molecule has 0 aliphatic carbocycles. The van der Waals surface area contributed by atoms with Gasteiger partial charge in [-0.3, -0.25) is 14.8 Å². The maximum Gasteiger partial charge on any atom is 0.276 e. The van der Waals surface area contributed by atoms with Crippen molar-refractivity contribution in [2.45, 2.75) is 0 Å². The van der Waals surface area contributed by atoms with E-state index >= 15 is 0 Å². The Hall–Kier alpha value is -2.55. The van der Waals surface area contributed by atoms with Crippen molar-refractivity contribution in [2.24, 2.45) is 17.1 Å². The highest BCUT2D eigenvalue weighted by Crippen LogP contribution is 2.43. The van der Waals surface area contributed by atoms with Crippen LogP contribution in [0, 0.1) is 5.41 Å². The molecule has 0 unspecified atom stereocenters. The largest absolute Gasteiger partial charge is 0.493 e. The fourth-order valence-electron chi connectivity index (χ4n) is 1.82. The SMILES string of the molecule is CN(C)C(=O)C1=NN(C)C(=Nc2c(Cl)c(O)n(C)c2O)C1=N. The minimum absolute atomic E-state index is 0.0352. The highest BCUT2D eigenvalue weighted by molar-refractivity contribution is 6.82. The molecule has 0 saturated heterocycles. The predicted octanol–water partition coefficient (Wildman–Crippen LogP) is 0.529. The van der Waals surface area contributed by atoms with Crippen molar-refractivity contribution in [3.63, 3.8) is 0 Å². The average Bonchev–Trinajstić information content (AvgIpc) is 2.84. The number of carbonyl (C=O) groups excluding carboxylic acids is 1. The third-order valence-corrected chi connectivity index (χ3v) is 3.44. The van der Waals surface area contributed by atoms with Crippen LogP contribution in [0.4, 0.5) is 5.69 Å². The molecule has 0 fully saturated rings. The van der Waals surface area contributed by atoms with E-state index in [0.717, 1.165) is 4.57 Å². The van der Waals surface area contributed by atoms with E-state index in [1.165, 1.54) is 24.0 Å². The second-order valence-electron chi connectivity index (χ2n) is 4.85. The van der Waals surface area contributed by atoms with Crippen molar-refractivity contribution in [3.05, 3.63) is 5.02 Å². The summed E-state index contributed by atoms with van der Waals surface area (Å²) in [6.45, 7) is 0. The van der Waals surface area contributed by atoms with E-state index in [2.05, 4.69) is 10.1 Å². The highest BCUT2D eigenvalue weighted by atomic mass is 35.5. The van der Waals surface area contributed by atoms with E-state index in [0.29, 0.717) is 0 Å². The molecule has 1 amide bonds. The van der Waals surface area contributed by atoms with Crippen molar-refractivity contribution in [1.82, 2.24) is 14.5 Å². The zero-order chi connectivity index (χ0) is 16.8. The topological polar surface area (TPSA) is 118 Å². The Morgan fingerprint density at radius 2 is 1.91 bits per heavy atom. The number of hydrazone groups is 1. The van der Waals surface area contributed by atoms with Crippen LogP contribution in [0.15, 0.2) is 10.1 Å². The molecule has 2 heterocycles. The Balaban J connectivity index is 2.46. The summed E-state index contributed by atoms with van der Waals surface area (Å²) in [7, 11) is 6.01. The Kier molecular flexibility index (Phi) is 3.84. The van der Waals surface area contributed by atoms with Crippen LogP contribution in [0.25, 0.3) is 0 Å². The third-order valence-electron chi connectivity index (χ3n) is 3.09. The van der Waals surface area contributed by atoms with Crippen molar-refractivity contribution < 1.29 is 15.0 Å². The van der Waals surface area contributed by atoms with Crippen LogP contribution in [-0.2, 0) is 11.8 Å². The van der Waals surface area contributed by atoms with Gasteiger partial charge in [-0.1, -0.05) is 11.6 Å². The molecule has 0 aromatic carbocycles. The van der Waals surface area contributed by atoms with Crippen LogP contribution in [0.2, 0.25) is 5.02 Å². The van der Waals surface area contributed by atoms with Crippen molar-refractivity contribution in [1.29, 1.82) is 5.41 Å². The van der Waals surface area contributed by atoms with Gasteiger partial charge in [-0.05, 0) is 0 Å². The molecule has 10 heteroatoms. The van der Waals surface area contributed by atoms with Crippen molar-refractivity contribution in [2.75, 3.05) is 21.1 Å². The van der Waals surface area contributed by atoms with E-state index in [1.807, 2.05) is 0 Å². The molecule has 0 atom stereocenters. The fourth-order valence-corrected chi connectivity index (χ4v) is 2.07. The fraction of sp³-hybridized carbons (Fsp3) is 0.333. The lowest BCUT2D eigenvalue weighted by Gasteiger charge is -2.08. The molecule has 3 N–H and O–H groups in total. The summed E-state index contributed by atoms with van der Waals surface area (Å²) in [5.74, 6) is -1.11. The van der Waals surface area contributed by atoms with Crippen molar-refractivity contribution in [3.8, 4) is 11.8 Å². The quantitative estimate of drug-likeness (QED) is 0.734. The van der Waals surface area contributed by atoms with Crippen LogP contribution < -0.4 is 0 Å². The molecule has 0 radical (unpaired) electrons. The number of carbonyl (C=O) groups is 1. The van der Waals surface area contributed by atoms with E-state index in [9.17, 15) is 15.0 Å². The Morgan fingerprint density at radius 1 is 1.32 bits per heavy atom. The number of hydrogen-bond donors (Lipinski definition) is 3. The Morgan fingerprint density at radius 3 is 2.36 bits per heavy atom. The minimum Gasteiger partial charge on any atom is -0.493 e. The van der Waals surface area contributed by atoms with Gasteiger partial charge in [-0.25, -0.2) is 10.0 Å². The Bertz CT molecular complexity index is 708. The first kappa shape index (κ1) is 15.8. The van der Waals surface area contributed by atoms with Gasteiger partial charge in [0.05, 0.1) is 0 Å². The van der Waals surface area contributed by atoms with Crippen LogP contribution in [0.3, 0.4) is 0 Å². The van der Waals surface area contributed by atoms with Gasteiger partial charge < -0.3 is 15.1 Å². The average molecular weight is 327 g/mol. The number of rotatable bonds is 2. The predicted molar refractivity (Wildman–Crippen MR) is 82.5 cm³/mol. The van der Waals surface area contributed by atoms with E-state index in [1.54, 1.807) is 14.1 Å². The summed E-state index contributed by atoms with van der Waals surface area (Å²) in [5, 5.41) is 32.6. The minimum atomic E-state index is -0.437. The van der Waals surface area contributed by atoms with E-state index in [-0.39, 0.29) is 39.7 Å². The van der Waals surface area contributed by atoms with Gasteiger partial charge in [-0.15, -0.1) is 0 Å². The molecule has 118 valence electrons. The number of aromatic nitrogens is 1. The van der Waals surface area contributed by atoms with Gasteiger partial charge in [0, 0.05) is 28.2 Å². The maximum atomic E-state index is 11.9. The smallest absolute Gasteiger partial charge is 0.276 e. The monoisotopic (exact) mass is 326 g/mol. The van der Waals surface area contributed by atoms with Gasteiger partial charge in [0.1, 0.15) is 16.4 Å². The zero-order valence-electron chi connectivity index (χ0n) is 12.4. The van der Waals surface area contributed by atoms with Crippen LogP contribution in [0.1, 0.15) is 0 Å². The number of amides is 1. The normalized spacial score (nSPS) is 16.4. The maximum absolute atomic E-state index is 11.9. The van der Waals surface area contributed by atoms with Crippen molar-refractivity contribution >= 4 is 40.5 Å². The van der Waals surface area contributed by atoms with E-state index in [4.69, 9.17) is 17.0 Å². The molecule has 1 aliphatic heterocycles. The molecule has 22 heavy (non-hydrogen) atoms. The summed E-state index contributed by atoms with van der Waals surface area (Å²) >= 11 is 5.90. The number of aromatic hydroxyl groups is 2. The van der Waals surface area contributed by atoms with Gasteiger partial charge in [0.25, 0.3) is 5.91 Å². The lowest BCUT2D eigenvalue weighted by Crippen LogP contribution is -2.35. The number of halogens is 1. The first-order chi connectivity index (χ1) is 10.2. The molecule has 1 aliphatic rings. The number of nitrogens with one attached hydrogen (secondary N) is 1. The summed E-state index contributed by atoms with van der Waals surface area (Å²) < 4.78 is 1.05. The van der Waals surface area contributed by atoms with Gasteiger partial charge >= 0.3 is 0 Å². The van der Waals surface area contributed by atoms with Gasteiger partial charge in [-0.2, -0.15) is 5.10 Å². The second-order valence-corrected chi connectivity index (χ2v) is 5.23. The summed E-state index contributed by atoms with van der Waals surface area (Å²) in [6, 6.07) is 0. The third kappa shape index (κ3) is 2.29. The van der Waals surface area contributed by atoms with Crippen LogP contribution in [0.5, 0.6) is 11.8 Å². The standard InChI is InChI=1S/C12H15ClN6O3/c1-17(2)11(21)8-6(14)9(19(4)16-8)15-7-5(13)10(20)18(3)12(7)22/h14,20,22H,1-4H3. The molecular weight excluding hydrogens is 312 g/mol. The number of amidine groups is 1. The highest BCUT2D eigenvalue weighted by Gasteiger charge is 2.33. The van der Waals surface area contributed by atoms with Gasteiger partial charge in [0.15, 0.2) is 11.5 Å². The first-order valence-electron chi connectivity index (χ1n) is 6.14. The summed E-state index contributed by atoms with van der Waals surface area (Å²) in [4.78, 5) is 17.3. The second kappa shape index (κ2) is 5.34.